The van der Waals surface area contributed by atoms with Gasteiger partial charge in [0.05, 0.1) is 28.8 Å². The largest absolute Gasteiger partial charge is 0.457 e. The molecule has 338 valence electrons. The summed E-state index contributed by atoms with van der Waals surface area (Å²) in [6.07, 6.45) is 1.81. The number of carbonyl (C=O) groups excluding carboxylic acids is 7. The van der Waals surface area contributed by atoms with Crippen LogP contribution in [-0.2, 0) is 31.3 Å². The number of para-hydroxylation sites is 1. The van der Waals surface area contributed by atoms with Gasteiger partial charge in [-0.1, -0.05) is 42.5 Å². The molecule has 4 aliphatic rings. The number of nitrogens with one attached hydrogen (secondary N) is 5. The zero-order chi connectivity index (χ0) is 46.0. The van der Waals surface area contributed by atoms with Gasteiger partial charge < -0.3 is 30.7 Å². The predicted octanol–water partition coefficient (Wildman–Crippen LogP) is 3.95. The van der Waals surface area contributed by atoms with Crippen molar-refractivity contribution in [1.29, 1.82) is 0 Å². The third-order valence-corrected chi connectivity index (χ3v) is 12.7. The van der Waals surface area contributed by atoms with Crippen LogP contribution in [0, 0.1) is 5.92 Å². The van der Waals surface area contributed by atoms with Gasteiger partial charge in [0, 0.05) is 62.4 Å². The van der Waals surface area contributed by atoms with Gasteiger partial charge in [0.1, 0.15) is 17.5 Å². The molecule has 0 aromatic heterocycles. The van der Waals surface area contributed by atoms with Crippen LogP contribution >= 0.6 is 0 Å². The van der Waals surface area contributed by atoms with E-state index in [1.54, 1.807) is 68.3 Å². The predicted molar refractivity (Wildman–Crippen MR) is 239 cm³/mol. The van der Waals surface area contributed by atoms with E-state index in [2.05, 4.69) is 26.6 Å². The second-order valence-corrected chi connectivity index (χ2v) is 17.6. The lowest BCUT2D eigenvalue weighted by Gasteiger charge is -2.39. The second-order valence-electron chi connectivity index (χ2n) is 17.6. The van der Waals surface area contributed by atoms with Crippen molar-refractivity contribution in [3.8, 4) is 11.5 Å². The minimum absolute atomic E-state index is 0.0415. The SMILES string of the molecule is CN1CC(c2cc(C(C)(C)O)ccc2Oc2ccccc2)C2CC(C(=O)NCc3ccc(C(=O)NCCCCNc4cccc5c4C(=O)N(C4CCC(=O)NC4=O)C5=O)cc3)NC2C1=O. The van der Waals surface area contributed by atoms with Crippen LogP contribution in [0.15, 0.2) is 91.0 Å². The van der Waals surface area contributed by atoms with Gasteiger partial charge in [0.25, 0.3) is 17.7 Å². The van der Waals surface area contributed by atoms with Crippen molar-refractivity contribution in [2.45, 2.75) is 82.1 Å². The molecule has 0 spiro atoms. The van der Waals surface area contributed by atoms with Crippen molar-refractivity contribution < 1.29 is 43.4 Å². The number of hydrogen-bond acceptors (Lipinski definition) is 11. The first-order chi connectivity index (χ1) is 31.2. The number of anilines is 1. The molecule has 3 saturated heterocycles. The van der Waals surface area contributed by atoms with Crippen LogP contribution in [0.1, 0.15) is 99.6 Å². The average molecular weight is 884 g/mol. The van der Waals surface area contributed by atoms with Gasteiger partial charge in [-0.15, -0.1) is 0 Å². The number of aliphatic hydroxyl groups is 1. The Morgan fingerprint density at radius 3 is 2.37 bits per heavy atom. The summed E-state index contributed by atoms with van der Waals surface area (Å²) in [6.45, 7) is 4.96. The summed E-state index contributed by atoms with van der Waals surface area (Å²) in [7, 11) is 1.76. The van der Waals surface area contributed by atoms with E-state index in [0.29, 0.717) is 67.2 Å². The fourth-order valence-corrected chi connectivity index (χ4v) is 9.19. The monoisotopic (exact) mass is 883 g/mol. The maximum absolute atomic E-state index is 13.6. The Labute approximate surface area is 376 Å². The fourth-order valence-electron chi connectivity index (χ4n) is 9.19. The number of imide groups is 2. The number of fused-ring (bicyclic) bond motifs is 2. The van der Waals surface area contributed by atoms with Crippen LogP contribution in [0.25, 0.3) is 0 Å². The maximum Gasteiger partial charge on any atom is 0.264 e. The van der Waals surface area contributed by atoms with Crippen LogP contribution < -0.4 is 31.3 Å². The molecule has 0 saturated carbocycles. The highest BCUT2D eigenvalue weighted by Gasteiger charge is 2.50. The third-order valence-electron chi connectivity index (χ3n) is 12.7. The van der Waals surface area contributed by atoms with E-state index in [-0.39, 0.29) is 60.1 Å². The van der Waals surface area contributed by atoms with Crippen molar-refractivity contribution in [2.24, 2.45) is 5.92 Å². The standard InChI is InChI=1S/C49H53N7O9/c1-49(2,64)30-18-20-39(65-31-10-5-4-6-11-31)33(24-30)35-27-55(3)48(63)42-34(35)25-37(53-42)44(59)52-26-28-14-16-29(17-15-28)43(58)51-23-8-7-22-50-36-13-9-12-32-41(36)47(62)56(46(32)61)38-19-21-40(57)54-45(38)60/h4-6,9-18,20,24,34-35,37-38,42,50,53,64H,7-8,19,21-23,25-27H2,1-3H3,(H,51,58)(H,52,59)(H,54,57,60). The zero-order valence-corrected chi connectivity index (χ0v) is 36.5. The number of likely N-dealkylation sites (tertiary alicyclic amines) is 1. The Morgan fingerprint density at radius 2 is 1.63 bits per heavy atom. The molecule has 4 aromatic carbocycles. The molecule has 65 heavy (non-hydrogen) atoms. The number of unbranched alkanes of at least 4 members (excludes halogenated alkanes) is 1. The van der Waals surface area contributed by atoms with Crippen LogP contribution in [-0.4, -0.2) is 101 Å². The van der Waals surface area contributed by atoms with E-state index < -0.39 is 47.4 Å². The molecule has 7 amide bonds. The molecule has 4 aromatic rings. The molecule has 5 unspecified atom stereocenters. The van der Waals surface area contributed by atoms with Crippen molar-refractivity contribution in [3.05, 3.63) is 124 Å². The average Bonchev–Trinajstić information content (AvgIpc) is 3.85. The Morgan fingerprint density at radius 1 is 0.877 bits per heavy atom. The van der Waals surface area contributed by atoms with Gasteiger partial charge in [0.15, 0.2) is 0 Å². The summed E-state index contributed by atoms with van der Waals surface area (Å²) < 4.78 is 6.37. The molecule has 16 heteroatoms. The van der Waals surface area contributed by atoms with E-state index in [1.807, 2.05) is 48.5 Å². The van der Waals surface area contributed by atoms with Crippen LogP contribution in [0.5, 0.6) is 11.5 Å². The number of carbonyl (C=O) groups is 7. The van der Waals surface area contributed by atoms with Crippen molar-refractivity contribution in [1.82, 2.24) is 31.1 Å². The first-order valence-electron chi connectivity index (χ1n) is 22.0. The zero-order valence-electron chi connectivity index (χ0n) is 36.5. The van der Waals surface area contributed by atoms with Gasteiger partial charge in [-0.25, -0.2) is 0 Å². The summed E-state index contributed by atoms with van der Waals surface area (Å²) in [5.41, 5.74) is 2.59. The lowest BCUT2D eigenvalue weighted by atomic mass is 9.76. The molecular formula is C49H53N7O9. The second kappa shape index (κ2) is 18.7. The molecule has 4 heterocycles. The summed E-state index contributed by atoms with van der Waals surface area (Å²) in [6, 6.07) is 24.7. The molecular weight excluding hydrogens is 831 g/mol. The quantitative estimate of drug-likeness (QED) is 0.0743. The van der Waals surface area contributed by atoms with E-state index >= 15 is 0 Å². The van der Waals surface area contributed by atoms with Crippen molar-refractivity contribution in [2.75, 3.05) is 32.0 Å². The van der Waals surface area contributed by atoms with Crippen molar-refractivity contribution >= 4 is 47.0 Å². The third kappa shape index (κ3) is 9.49. The fraction of sp³-hybridized carbons (Fsp3) is 0.367. The summed E-state index contributed by atoms with van der Waals surface area (Å²) in [5.74, 6) is -1.91. The highest BCUT2D eigenvalue weighted by Crippen LogP contribution is 2.44. The van der Waals surface area contributed by atoms with Crippen LogP contribution in [0.4, 0.5) is 5.69 Å². The Balaban J connectivity index is 0.809. The molecule has 0 aliphatic carbocycles. The molecule has 4 aliphatic heterocycles. The van der Waals surface area contributed by atoms with Gasteiger partial charge in [-0.3, -0.25) is 49.1 Å². The molecule has 3 fully saturated rings. The van der Waals surface area contributed by atoms with Gasteiger partial charge >= 0.3 is 0 Å². The molecule has 0 radical (unpaired) electrons. The topological polar surface area (TPSA) is 216 Å². The lowest BCUT2D eigenvalue weighted by Crippen LogP contribution is -2.54. The van der Waals surface area contributed by atoms with E-state index in [9.17, 15) is 38.7 Å². The smallest absolute Gasteiger partial charge is 0.264 e. The normalized spacial score (nSPS) is 21.7. The van der Waals surface area contributed by atoms with Crippen LogP contribution in [0.2, 0.25) is 0 Å². The highest BCUT2D eigenvalue weighted by molar-refractivity contribution is 6.25. The van der Waals surface area contributed by atoms with E-state index in [1.165, 1.54) is 0 Å². The number of hydrogen-bond donors (Lipinski definition) is 6. The summed E-state index contributed by atoms with van der Waals surface area (Å²) in [5, 5.41) is 25.6. The highest BCUT2D eigenvalue weighted by atomic mass is 16.5. The van der Waals surface area contributed by atoms with Gasteiger partial charge in [-0.05, 0) is 105 Å². The number of likely N-dealkylation sites (N-methyl/N-ethyl adjacent to an activating group) is 1. The van der Waals surface area contributed by atoms with Crippen molar-refractivity contribution in [3.63, 3.8) is 0 Å². The minimum Gasteiger partial charge on any atom is -0.457 e. The molecule has 5 atom stereocenters. The number of benzene rings is 4. The summed E-state index contributed by atoms with van der Waals surface area (Å²) >= 11 is 0. The molecule has 16 nitrogen and oxygen atoms in total. The van der Waals surface area contributed by atoms with Gasteiger partial charge in [-0.2, -0.15) is 0 Å². The van der Waals surface area contributed by atoms with E-state index in [0.717, 1.165) is 16.0 Å². The minimum atomic E-state index is -1.11. The number of nitrogens with zero attached hydrogens (tertiary/aromatic N) is 2. The number of ether oxygens (including phenoxy) is 1. The number of piperidine rings is 2. The number of rotatable bonds is 15. The first kappa shape index (κ1) is 44.7. The Kier molecular flexibility index (Phi) is 12.8. The molecule has 6 N–H and O–H groups in total. The van der Waals surface area contributed by atoms with Gasteiger partial charge in [0.2, 0.25) is 23.6 Å². The molecule has 0 bridgehead atoms. The first-order valence-corrected chi connectivity index (χ1v) is 22.0. The van der Waals surface area contributed by atoms with E-state index in [4.69, 9.17) is 4.74 Å². The Hall–Kier alpha value is -6.91. The Bertz CT molecular complexity index is 2520. The number of amides is 7. The maximum atomic E-state index is 13.6. The lowest BCUT2D eigenvalue weighted by molar-refractivity contribution is -0.137. The summed E-state index contributed by atoms with van der Waals surface area (Å²) in [4.78, 5) is 93.2. The molecule has 8 rings (SSSR count). The van der Waals surface area contributed by atoms with Crippen LogP contribution in [0.3, 0.4) is 0 Å².